The molecule has 2 atom stereocenters. The molecule has 4 rings (SSSR count). The lowest BCUT2D eigenvalue weighted by Crippen LogP contribution is -2.36. The third kappa shape index (κ3) is 5.61. The van der Waals surface area contributed by atoms with Crippen LogP contribution in [0.1, 0.15) is 66.0 Å². The van der Waals surface area contributed by atoms with Crippen LogP contribution in [0.4, 0.5) is 4.39 Å². The van der Waals surface area contributed by atoms with Crippen LogP contribution in [0.5, 0.6) is 5.75 Å². The Morgan fingerprint density at radius 2 is 1.82 bits per heavy atom. The summed E-state index contributed by atoms with van der Waals surface area (Å²) in [6.45, 7) is 7.92. The van der Waals surface area contributed by atoms with Crippen LogP contribution >= 0.6 is 0 Å². The van der Waals surface area contributed by atoms with E-state index < -0.39 is 21.9 Å². The first kappa shape index (κ1) is 27.8. The van der Waals surface area contributed by atoms with E-state index in [-0.39, 0.29) is 36.3 Å². The van der Waals surface area contributed by atoms with Gasteiger partial charge in [0.25, 0.3) is 0 Å². The second-order valence-corrected chi connectivity index (χ2v) is 11.8. The summed E-state index contributed by atoms with van der Waals surface area (Å²) in [6.07, 6.45) is 0.741. The Bertz CT molecular complexity index is 1450. The lowest BCUT2D eigenvalue weighted by molar-refractivity contribution is -0.137. The predicted octanol–water partition coefficient (Wildman–Crippen LogP) is 5.97. The van der Waals surface area contributed by atoms with E-state index in [1.54, 1.807) is 31.2 Å². The van der Waals surface area contributed by atoms with Crippen molar-refractivity contribution in [2.45, 2.75) is 70.4 Å². The van der Waals surface area contributed by atoms with Gasteiger partial charge in [0.05, 0.1) is 13.0 Å². The third-order valence-corrected chi connectivity index (χ3v) is 9.14. The number of halogens is 1. The van der Waals surface area contributed by atoms with Gasteiger partial charge in [-0.3, -0.25) is 4.79 Å². The van der Waals surface area contributed by atoms with Gasteiger partial charge in [-0.1, -0.05) is 44.2 Å². The number of aliphatic carboxylic acids is 1. The van der Waals surface area contributed by atoms with E-state index >= 15 is 0 Å². The number of nitrogens with zero attached hydrogens (tertiary/aromatic N) is 1. The first-order chi connectivity index (χ1) is 18.0. The Morgan fingerprint density at radius 1 is 1.08 bits per heavy atom. The number of carboxylic acids is 1. The van der Waals surface area contributed by atoms with Crippen LogP contribution in [0.2, 0.25) is 0 Å². The molecule has 38 heavy (non-hydrogen) atoms. The van der Waals surface area contributed by atoms with Gasteiger partial charge in [-0.05, 0) is 84.3 Å². The molecule has 3 aromatic carbocycles. The summed E-state index contributed by atoms with van der Waals surface area (Å²) >= 11 is 0. The van der Waals surface area contributed by atoms with Gasteiger partial charge in [-0.25, -0.2) is 12.8 Å². The van der Waals surface area contributed by atoms with Gasteiger partial charge in [0.1, 0.15) is 22.6 Å². The van der Waals surface area contributed by atoms with E-state index in [0.717, 1.165) is 27.8 Å². The highest BCUT2D eigenvalue weighted by molar-refractivity contribution is 7.89. The molecule has 1 unspecified atom stereocenters. The van der Waals surface area contributed by atoms with Gasteiger partial charge in [0.2, 0.25) is 10.0 Å². The fraction of sp³-hybridized carbons (Fsp3) is 0.367. The molecule has 8 heteroatoms. The maximum absolute atomic E-state index is 14.2. The first-order valence-electron chi connectivity index (χ1n) is 12.9. The topological polar surface area (TPSA) is 83.9 Å². The lowest BCUT2D eigenvalue weighted by atomic mass is 9.81. The molecule has 0 saturated carbocycles. The molecule has 0 saturated heterocycles. The molecule has 0 radical (unpaired) electrons. The number of sulfonamides is 1. The SMILES string of the molecule is CCc1cc(F)cc(C)c1C(CC(=O)O)c1ccc(C)c(CN2C[C@@H](CC)Oc3ccccc3S2(=O)=O)c1. The Hall–Kier alpha value is -3.23. The largest absolute Gasteiger partial charge is 0.488 e. The van der Waals surface area contributed by atoms with Crippen molar-refractivity contribution >= 4 is 16.0 Å². The van der Waals surface area contributed by atoms with Gasteiger partial charge in [-0.15, -0.1) is 0 Å². The number of rotatable bonds is 8. The number of carboxylic acid groups (broad SMARTS) is 1. The predicted molar refractivity (Wildman–Crippen MR) is 145 cm³/mol. The second-order valence-electron chi connectivity index (χ2n) is 9.88. The molecule has 0 bridgehead atoms. The molecule has 6 nitrogen and oxygen atoms in total. The quantitative estimate of drug-likeness (QED) is 0.381. The molecule has 3 aromatic rings. The lowest BCUT2D eigenvalue weighted by Gasteiger charge is -2.25. The standard InChI is InChI=1S/C30H34FNO5S/c1-5-21-15-24(31)13-20(4)30(21)26(16-29(33)34)22-12-11-19(3)23(14-22)17-32-18-25(6-2)37-27-9-7-8-10-28(27)38(32,35)36/h7-15,25-26H,5-6,16-18H2,1-4H3,(H,33,34)/t25-,26?/m1/s1. The minimum atomic E-state index is -3.83. The van der Waals surface area contributed by atoms with Crippen LogP contribution < -0.4 is 4.74 Å². The number of ether oxygens (including phenoxy) is 1. The van der Waals surface area contributed by atoms with Gasteiger partial charge in [0, 0.05) is 12.5 Å². The van der Waals surface area contributed by atoms with Crippen molar-refractivity contribution in [2.24, 2.45) is 0 Å². The Labute approximate surface area is 224 Å². The van der Waals surface area contributed by atoms with E-state index in [1.165, 1.54) is 16.4 Å². The van der Waals surface area contributed by atoms with Gasteiger partial charge < -0.3 is 9.84 Å². The average Bonchev–Trinajstić information content (AvgIpc) is 2.97. The molecular formula is C30H34FNO5S. The van der Waals surface area contributed by atoms with Gasteiger partial charge in [-0.2, -0.15) is 4.31 Å². The zero-order chi connectivity index (χ0) is 27.6. The van der Waals surface area contributed by atoms with Gasteiger partial charge in [0.15, 0.2) is 0 Å². The highest BCUT2D eigenvalue weighted by Crippen LogP contribution is 2.36. The molecule has 202 valence electrons. The second kappa shape index (κ2) is 11.3. The van der Waals surface area contributed by atoms with E-state index in [4.69, 9.17) is 4.74 Å². The number of aryl methyl sites for hydroxylation is 3. The smallest absolute Gasteiger partial charge is 0.304 e. The Kier molecular flexibility index (Phi) is 8.23. The highest BCUT2D eigenvalue weighted by Gasteiger charge is 2.34. The number of hydrogen-bond acceptors (Lipinski definition) is 4. The van der Waals surface area contributed by atoms with Crippen molar-refractivity contribution in [1.29, 1.82) is 0 Å². The van der Waals surface area contributed by atoms with Crippen LogP contribution in [0, 0.1) is 19.7 Å². The van der Waals surface area contributed by atoms with E-state index in [1.807, 2.05) is 39.0 Å². The maximum atomic E-state index is 14.2. The van der Waals surface area contributed by atoms with E-state index in [9.17, 15) is 22.7 Å². The van der Waals surface area contributed by atoms with Crippen LogP contribution in [-0.2, 0) is 27.8 Å². The Balaban J connectivity index is 1.79. The van der Waals surface area contributed by atoms with Crippen LogP contribution in [0.15, 0.2) is 59.5 Å². The summed E-state index contributed by atoms with van der Waals surface area (Å²) in [5.74, 6) is -1.46. The number of benzene rings is 3. The zero-order valence-corrected chi connectivity index (χ0v) is 23.0. The average molecular weight is 540 g/mol. The summed E-state index contributed by atoms with van der Waals surface area (Å²) in [5, 5.41) is 9.77. The molecule has 0 aromatic heterocycles. The molecule has 0 aliphatic carbocycles. The molecular weight excluding hydrogens is 505 g/mol. The van der Waals surface area contributed by atoms with Crippen molar-refractivity contribution in [3.63, 3.8) is 0 Å². The fourth-order valence-corrected chi connectivity index (χ4v) is 6.82. The first-order valence-corrected chi connectivity index (χ1v) is 14.3. The summed E-state index contributed by atoms with van der Waals surface area (Å²) < 4.78 is 49.0. The molecule has 1 N–H and O–H groups in total. The molecule has 1 aliphatic heterocycles. The number of fused-ring (bicyclic) bond motifs is 1. The monoisotopic (exact) mass is 539 g/mol. The molecule has 0 amide bonds. The van der Waals surface area contributed by atoms with Crippen molar-refractivity contribution < 1.29 is 27.4 Å². The fourth-order valence-electron chi connectivity index (χ4n) is 5.25. The van der Waals surface area contributed by atoms with Crippen molar-refractivity contribution in [3.05, 3.63) is 93.8 Å². The highest BCUT2D eigenvalue weighted by atomic mass is 32.2. The summed E-state index contributed by atoms with van der Waals surface area (Å²) in [4.78, 5) is 12.1. The Morgan fingerprint density at radius 3 is 2.50 bits per heavy atom. The van der Waals surface area contributed by atoms with Crippen molar-refractivity contribution in [2.75, 3.05) is 6.54 Å². The number of hydrogen-bond donors (Lipinski definition) is 1. The minimum Gasteiger partial charge on any atom is -0.488 e. The zero-order valence-electron chi connectivity index (χ0n) is 22.2. The molecule has 0 spiro atoms. The summed E-state index contributed by atoms with van der Waals surface area (Å²) in [6, 6.07) is 15.3. The van der Waals surface area contributed by atoms with E-state index in [0.29, 0.717) is 24.2 Å². The van der Waals surface area contributed by atoms with Crippen LogP contribution in [0.25, 0.3) is 0 Å². The van der Waals surface area contributed by atoms with Crippen LogP contribution in [-0.4, -0.2) is 36.4 Å². The summed E-state index contributed by atoms with van der Waals surface area (Å²) in [7, 11) is -3.83. The maximum Gasteiger partial charge on any atom is 0.304 e. The number of carbonyl (C=O) groups is 1. The summed E-state index contributed by atoms with van der Waals surface area (Å²) in [5.41, 5.74) is 4.72. The van der Waals surface area contributed by atoms with Gasteiger partial charge >= 0.3 is 5.97 Å². The molecule has 1 aliphatic rings. The normalized spacial score (nSPS) is 17.8. The third-order valence-electron chi connectivity index (χ3n) is 7.29. The van der Waals surface area contributed by atoms with Crippen molar-refractivity contribution in [1.82, 2.24) is 4.31 Å². The number of para-hydroxylation sites is 1. The van der Waals surface area contributed by atoms with Crippen LogP contribution in [0.3, 0.4) is 0 Å². The minimum absolute atomic E-state index is 0.124. The van der Waals surface area contributed by atoms with E-state index in [2.05, 4.69) is 0 Å². The molecule has 1 heterocycles. The molecule has 0 fully saturated rings. The van der Waals surface area contributed by atoms with Crippen molar-refractivity contribution in [3.8, 4) is 5.75 Å².